The van der Waals surface area contributed by atoms with Crippen LogP contribution in [-0.2, 0) is 0 Å². The van der Waals surface area contributed by atoms with Crippen LogP contribution in [0.2, 0.25) is 0 Å². The molecule has 3 aromatic rings. The Morgan fingerprint density at radius 3 is 2.42 bits per heavy atom. The first-order valence-electron chi connectivity index (χ1n) is 7.89. The van der Waals surface area contributed by atoms with Crippen LogP contribution in [0.25, 0.3) is 22.2 Å². The number of pyridine rings is 1. The number of aryl methyl sites for hydroxylation is 1. The fourth-order valence-electron chi connectivity index (χ4n) is 3.14. The summed E-state index contributed by atoms with van der Waals surface area (Å²) in [6.45, 7) is 3.50. The standard InChI is InChI=1S/C19H15NO4/c1-11-6-14(12-2-3-16-17(7-12)22-5-4-21-16)20-15-9-19-18(8-13(11)15)23-10-24-19/h2-3,6-9H,4-5,10H2,1H3. The average molecular weight is 321 g/mol. The largest absolute Gasteiger partial charge is 0.486 e. The Bertz CT molecular complexity index is 967. The highest BCUT2D eigenvalue weighted by molar-refractivity contribution is 5.88. The molecule has 0 spiro atoms. The monoisotopic (exact) mass is 321 g/mol. The van der Waals surface area contributed by atoms with Gasteiger partial charge in [-0.05, 0) is 42.8 Å². The molecule has 120 valence electrons. The van der Waals surface area contributed by atoms with E-state index in [0.29, 0.717) is 13.2 Å². The number of ether oxygens (including phenoxy) is 4. The van der Waals surface area contributed by atoms with Crippen LogP contribution in [0.1, 0.15) is 5.56 Å². The maximum Gasteiger partial charge on any atom is 0.231 e. The van der Waals surface area contributed by atoms with Crippen molar-refractivity contribution in [1.82, 2.24) is 4.98 Å². The zero-order chi connectivity index (χ0) is 16.1. The molecule has 0 aliphatic carbocycles. The van der Waals surface area contributed by atoms with Crippen LogP contribution in [0.5, 0.6) is 23.0 Å². The van der Waals surface area contributed by atoms with Crippen LogP contribution in [0, 0.1) is 6.92 Å². The minimum Gasteiger partial charge on any atom is -0.486 e. The molecule has 3 heterocycles. The van der Waals surface area contributed by atoms with E-state index in [1.165, 1.54) is 0 Å². The lowest BCUT2D eigenvalue weighted by molar-refractivity contribution is 0.171. The molecule has 5 heteroatoms. The Labute approximate surface area is 138 Å². The third kappa shape index (κ3) is 2.05. The van der Waals surface area contributed by atoms with Crippen molar-refractivity contribution in [2.24, 2.45) is 0 Å². The minimum absolute atomic E-state index is 0.264. The molecule has 2 aliphatic rings. The molecule has 0 amide bonds. The van der Waals surface area contributed by atoms with Crippen molar-refractivity contribution in [2.45, 2.75) is 6.92 Å². The van der Waals surface area contributed by atoms with Crippen molar-refractivity contribution in [2.75, 3.05) is 20.0 Å². The van der Waals surface area contributed by atoms with Gasteiger partial charge >= 0.3 is 0 Å². The van der Waals surface area contributed by atoms with Gasteiger partial charge in [-0.2, -0.15) is 0 Å². The highest BCUT2D eigenvalue weighted by Gasteiger charge is 2.17. The Hall–Kier alpha value is -2.95. The van der Waals surface area contributed by atoms with E-state index in [1.54, 1.807) is 0 Å². The van der Waals surface area contributed by atoms with Gasteiger partial charge in [0.05, 0.1) is 11.2 Å². The van der Waals surface area contributed by atoms with Crippen LogP contribution in [0.15, 0.2) is 36.4 Å². The molecule has 0 saturated carbocycles. The van der Waals surface area contributed by atoms with Crippen molar-refractivity contribution in [3.05, 3.63) is 42.0 Å². The molecule has 0 N–H and O–H groups in total. The molecule has 0 radical (unpaired) electrons. The fourth-order valence-corrected chi connectivity index (χ4v) is 3.14. The highest BCUT2D eigenvalue weighted by atomic mass is 16.7. The third-order valence-electron chi connectivity index (χ3n) is 4.35. The minimum atomic E-state index is 0.264. The molecule has 5 nitrogen and oxygen atoms in total. The molecule has 0 fully saturated rings. The third-order valence-corrected chi connectivity index (χ3v) is 4.35. The SMILES string of the molecule is Cc1cc(-c2ccc3c(c2)OCCO3)nc2cc3c(cc12)OCO3. The molecular weight excluding hydrogens is 306 g/mol. The zero-order valence-electron chi connectivity index (χ0n) is 13.2. The van der Waals surface area contributed by atoms with Crippen molar-refractivity contribution in [1.29, 1.82) is 0 Å². The average Bonchev–Trinajstić information content (AvgIpc) is 3.07. The molecule has 0 atom stereocenters. The van der Waals surface area contributed by atoms with E-state index in [2.05, 4.69) is 13.0 Å². The second kappa shape index (κ2) is 5.03. The van der Waals surface area contributed by atoms with Gasteiger partial charge in [-0.15, -0.1) is 0 Å². The van der Waals surface area contributed by atoms with Crippen molar-refractivity contribution >= 4 is 10.9 Å². The van der Waals surface area contributed by atoms with E-state index >= 15 is 0 Å². The van der Waals surface area contributed by atoms with E-state index in [-0.39, 0.29) is 6.79 Å². The Morgan fingerprint density at radius 1 is 0.792 bits per heavy atom. The zero-order valence-corrected chi connectivity index (χ0v) is 13.2. The second-order valence-electron chi connectivity index (χ2n) is 5.91. The normalized spacial score (nSPS) is 14.9. The maximum absolute atomic E-state index is 5.67. The number of rotatable bonds is 1. The predicted octanol–water partition coefficient (Wildman–Crippen LogP) is 3.71. The fraction of sp³-hybridized carbons (Fsp3) is 0.211. The Balaban J connectivity index is 1.66. The van der Waals surface area contributed by atoms with Gasteiger partial charge < -0.3 is 18.9 Å². The quantitative estimate of drug-likeness (QED) is 0.684. The van der Waals surface area contributed by atoms with E-state index in [9.17, 15) is 0 Å². The maximum atomic E-state index is 5.67. The first kappa shape index (κ1) is 13.5. The van der Waals surface area contributed by atoms with Crippen LogP contribution in [0.4, 0.5) is 0 Å². The lowest BCUT2D eigenvalue weighted by Crippen LogP contribution is -2.15. The highest BCUT2D eigenvalue weighted by Crippen LogP contribution is 2.39. The summed E-state index contributed by atoms with van der Waals surface area (Å²) in [7, 11) is 0. The molecule has 1 aromatic heterocycles. The summed E-state index contributed by atoms with van der Waals surface area (Å²) >= 11 is 0. The van der Waals surface area contributed by atoms with Crippen LogP contribution < -0.4 is 18.9 Å². The van der Waals surface area contributed by atoms with Crippen molar-refractivity contribution < 1.29 is 18.9 Å². The number of nitrogens with zero attached hydrogens (tertiary/aromatic N) is 1. The van der Waals surface area contributed by atoms with Gasteiger partial charge in [0.25, 0.3) is 0 Å². The number of benzene rings is 2. The summed E-state index contributed by atoms with van der Waals surface area (Å²) in [6, 6.07) is 11.9. The second-order valence-corrected chi connectivity index (χ2v) is 5.91. The molecule has 2 aliphatic heterocycles. The van der Waals surface area contributed by atoms with E-state index < -0.39 is 0 Å². The van der Waals surface area contributed by atoms with Crippen LogP contribution in [0.3, 0.4) is 0 Å². The first-order valence-corrected chi connectivity index (χ1v) is 7.89. The summed E-state index contributed by atoms with van der Waals surface area (Å²) in [6.07, 6.45) is 0. The van der Waals surface area contributed by atoms with E-state index in [4.69, 9.17) is 23.9 Å². The van der Waals surface area contributed by atoms with Crippen molar-refractivity contribution in [3.8, 4) is 34.3 Å². The van der Waals surface area contributed by atoms with Crippen molar-refractivity contribution in [3.63, 3.8) is 0 Å². The lowest BCUT2D eigenvalue weighted by atomic mass is 10.0. The molecule has 24 heavy (non-hydrogen) atoms. The molecule has 0 saturated heterocycles. The van der Waals surface area contributed by atoms with Gasteiger partial charge in [0, 0.05) is 17.0 Å². The van der Waals surface area contributed by atoms with Gasteiger partial charge in [0.15, 0.2) is 23.0 Å². The van der Waals surface area contributed by atoms with Gasteiger partial charge in [-0.25, -0.2) is 4.98 Å². The molecule has 0 bridgehead atoms. The van der Waals surface area contributed by atoms with Gasteiger partial charge in [0.1, 0.15) is 13.2 Å². The van der Waals surface area contributed by atoms with Gasteiger partial charge in [-0.3, -0.25) is 0 Å². The van der Waals surface area contributed by atoms with E-state index in [0.717, 1.165) is 50.7 Å². The number of hydrogen-bond donors (Lipinski definition) is 0. The number of fused-ring (bicyclic) bond motifs is 3. The van der Waals surface area contributed by atoms with E-state index in [1.807, 2.05) is 30.3 Å². The number of hydrogen-bond acceptors (Lipinski definition) is 5. The molecule has 0 unspecified atom stereocenters. The molecule has 2 aromatic carbocycles. The summed E-state index contributed by atoms with van der Waals surface area (Å²) in [5.74, 6) is 3.07. The lowest BCUT2D eigenvalue weighted by Gasteiger charge is -2.19. The van der Waals surface area contributed by atoms with Crippen LogP contribution in [-0.4, -0.2) is 25.0 Å². The Morgan fingerprint density at radius 2 is 1.54 bits per heavy atom. The summed E-state index contributed by atoms with van der Waals surface area (Å²) in [5.41, 5.74) is 3.94. The Kier molecular flexibility index (Phi) is 2.82. The topological polar surface area (TPSA) is 49.8 Å². The predicted molar refractivity (Wildman–Crippen MR) is 89.0 cm³/mol. The first-order chi connectivity index (χ1) is 11.8. The van der Waals surface area contributed by atoms with Gasteiger partial charge in [-0.1, -0.05) is 0 Å². The smallest absolute Gasteiger partial charge is 0.231 e. The number of aromatic nitrogens is 1. The molecular formula is C19H15NO4. The van der Waals surface area contributed by atoms with Gasteiger partial charge in [0.2, 0.25) is 6.79 Å². The summed E-state index contributed by atoms with van der Waals surface area (Å²) < 4.78 is 22.2. The van der Waals surface area contributed by atoms with Crippen LogP contribution >= 0.6 is 0 Å². The summed E-state index contributed by atoms with van der Waals surface area (Å²) in [5, 5.41) is 1.07. The molecule has 5 rings (SSSR count). The summed E-state index contributed by atoms with van der Waals surface area (Å²) in [4.78, 5) is 4.80.